The van der Waals surface area contributed by atoms with E-state index in [-0.39, 0.29) is 5.56 Å². The molecular weight excluding hydrogens is 174 g/mol. The van der Waals surface area contributed by atoms with Crippen molar-refractivity contribution in [1.82, 2.24) is 4.98 Å². The average Bonchev–Trinajstić information content (AvgIpc) is 2.20. The fourth-order valence-corrected chi connectivity index (χ4v) is 1.49. The van der Waals surface area contributed by atoms with Gasteiger partial charge >= 0.3 is 0 Å². The summed E-state index contributed by atoms with van der Waals surface area (Å²) in [5.74, 6) is 0.443. The van der Waals surface area contributed by atoms with Crippen molar-refractivity contribution in [2.75, 3.05) is 0 Å². The minimum Gasteiger partial charge on any atom is -0.326 e. The van der Waals surface area contributed by atoms with E-state index in [9.17, 15) is 4.79 Å². The highest BCUT2D eigenvalue weighted by Crippen LogP contribution is 2.14. The summed E-state index contributed by atoms with van der Waals surface area (Å²) in [5, 5.41) is 0. The lowest BCUT2D eigenvalue weighted by atomic mass is 10.0. The number of pyridine rings is 1. The van der Waals surface area contributed by atoms with Crippen molar-refractivity contribution in [3.63, 3.8) is 0 Å². The van der Waals surface area contributed by atoms with Gasteiger partial charge in [-0.05, 0) is 24.8 Å². The van der Waals surface area contributed by atoms with Crippen LogP contribution in [0.5, 0.6) is 0 Å². The van der Waals surface area contributed by atoms with Gasteiger partial charge in [-0.3, -0.25) is 4.79 Å². The summed E-state index contributed by atoms with van der Waals surface area (Å²) in [7, 11) is 0. The summed E-state index contributed by atoms with van der Waals surface area (Å²) in [6.45, 7) is 6.34. The summed E-state index contributed by atoms with van der Waals surface area (Å²) >= 11 is 0. The Bertz CT molecular complexity index is 340. The van der Waals surface area contributed by atoms with Gasteiger partial charge in [-0.1, -0.05) is 33.3 Å². The Labute approximate surface area is 85.4 Å². The predicted octanol–water partition coefficient (Wildman–Crippen LogP) is 2.84. The van der Waals surface area contributed by atoms with Crippen LogP contribution in [0.15, 0.2) is 16.9 Å². The van der Waals surface area contributed by atoms with E-state index in [1.54, 1.807) is 0 Å². The summed E-state index contributed by atoms with van der Waals surface area (Å²) in [4.78, 5) is 14.6. The summed E-state index contributed by atoms with van der Waals surface area (Å²) in [6, 6.07) is 4.00. The molecule has 0 saturated carbocycles. The molecule has 1 rings (SSSR count). The molecule has 0 aromatic carbocycles. The molecule has 0 radical (unpaired) electrons. The zero-order valence-corrected chi connectivity index (χ0v) is 9.26. The maximum absolute atomic E-state index is 11.6. The van der Waals surface area contributed by atoms with Crippen molar-refractivity contribution < 1.29 is 0 Å². The highest BCUT2D eigenvalue weighted by molar-refractivity contribution is 5.16. The van der Waals surface area contributed by atoms with Crippen molar-refractivity contribution in [3.05, 3.63) is 33.7 Å². The Morgan fingerprint density at radius 2 is 2.07 bits per heavy atom. The molecule has 1 N–H and O–H groups in total. The molecule has 0 aliphatic rings. The van der Waals surface area contributed by atoms with Gasteiger partial charge < -0.3 is 4.98 Å². The topological polar surface area (TPSA) is 32.9 Å². The molecule has 0 aliphatic carbocycles. The number of H-pyrrole nitrogens is 1. The van der Waals surface area contributed by atoms with Crippen molar-refractivity contribution in [2.24, 2.45) is 0 Å². The third kappa shape index (κ3) is 2.47. The molecular formula is C12H19NO. The van der Waals surface area contributed by atoms with Gasteiger partial charge in [-0.25, -0.2) is 0 Å². The highest BCUT2D eigenvalue weighted by Gasteiger charge is 2.05. The quantitative estimate of drug-likeness (QED) is 0.783. The highest BCUT2D eigenvalue weighted by atomic mass is 16.1. The third-order valence-electron chi connectivity index (χ3n) is 2.68. The maximum Gasteiger partial charge on any atom is 0.251 e. The Kier molecular flexibility index (Phi) is 3.93. The first kappa shape index (κ1) is 11.0. The van der Waals surface area contributed by atoms with Gasteiger partial charge in [-0.15, -0.1) is 0 Å². The zero-order chi connectivity index (χ0) is 10.6. The normalized spacial score (nSPS) is 12.8. The minimum absolute atomic E-state index is 0.0876. The number of hydrogen-bond acceptors (Lipinski definition) is 1. The molecule has 1 aromatic heterocycles. The Balaban J connectivity index is 2.94. The van der Waals surface area contributed by atoms with E-state index in [1.807, 2.05) is 12.1 Å². The van der Waals surface area contributed by atoms with Crippen LogP contribution in [0.2, 0.25) is 0 Å². The first-order chi connectivity index (χ1) is 6.69. The van der Waals surface area contributed by atoms with Gasteiger partial charge in [0, 0.05) is 11.3 Å². The standard InChI is InChI=1S/C12H19NO/c1-4-6-10-7-8-11(9(3)5-2)13-12(10)14/h7-9H,4-6H2,1-3H3,(H,13,14). The number of aromatic amines is 1. The molecule has 1 heterocycles. The van der Waals surface area contributed by atoms with E-state index in [4.69, 9.17) is 0 Å². The lowest BCUT2D eigenvalue weighted by Crippen LogP contribution is -2.15. The zero-order valence-electron chi connectivity index (χ0n) is 9.26. The van der Waals surface area contributed by atoms with Gasteiger partial charge in [0.25, 0.3) is 5.56 Å². The smallest absolute Gasteiger partial charge is 0.251 e. The SMILES string of the molecule is CCCc1ccc(C(C)CC)[nH]c1=O. The van der Waals surface area contributed by atoms with Crippen LogP contribution in [0, 0.1) is 0 Å². The van der Waals surface area contributed by atoms with Gasteiger partial charge in [0.1, 0.15) is 0 Å². The average molecular weight is 193 g/mol. The largest absolute Gasteiger partial charge is 0.326 e. The van der Waals surface area contributed by atoms with Crippen LogP contribution in [-0.2, 0) is 6.42 Å². The van der Waals surface area contributed by atoms with E-state index in [2.05, 4.69) is 25.8 Å². The second kappa shape index (κ2) is 4.99. The predicted molar refractivity (Wildman–Crippen MR) is 59.8 cm³/mol. The number of rotatable bonds is 4. The molecule has 1 aromatic rings. The molecule has 0 spiro atoms. The van der Waals surface area contributed by atoms with E-state index >= 15 is 0 Å². The van der Waals surface area contributed by atoms with Crippen LogP contribution < -0.4 is 5.56 Å². The lowest BCUT2D eigenvalue weighted by molar-refractivity contribution is 0.701. The minimum atomic E-state index is 0.0876. The van der Waals surface area contributed by atoms with Crippen LogP contribution in [0.1, 0.15) is 50.8 Å². The first-order valence-electron chi connectivity index (χ1n) is 5.41. The van der Waals surface area contributed by atoms with Crippen LogP contribution in [0.4, 0.5) is 0 Å². The molecule has 0 saturated heterocycles. The molecule has 14 heavy (non-hydrogen) atoms. The lowest BCUT2D eigenvalue weighted by Gasteiger charge is -2.08. The third-order valence-corrected chi connectivity index (χ3v) is 2.68. The van der Waals surface area contributed by atoms with Crippen LogP contribution >= 0.6 is 0 Å². The van der Waals surface area contributed by atoms with Crippen molar-refractivity contribution >= 4 is 0 Å². The van der Waals surface area contributed by atoms with E-state index in [0.29, 0.717) is 5.92 Å². The Morgan fingerprint density at radius 3 is 2.57 bits per heavy atom. The van der Waals surface area contributed by atoms with E-state index < -0.39 is 0 Å². The molecule has 0 aliphatic heterocycles. The number of aryl methyl sites for hydroxylation is 1. The van der Waals surface area contributed by atoms with Gasteiger partial charge in [0.05, 0.1) is 0 Å². The summed E-state index contributed by atoms with van der Waals surface area (Å²) in [6.07, 6.45) is 2.95. The van der Waals surface area contributed by atoms with Gasteiger partial charge in [0.2, 0.25) is 0 Å². The molecule has 1 atom stereocenters. The number of hydrogen-bond donors (Lipinski definition) is 1. The van der Waals surface area contributed by atoms with Crippen LogP contribution in [-0.4, -0.2) is 4.98 Å². The van der Waals surface area contributed by atoms with Crippen molar-refractivity contribution in [1.29, 1.82) is 0 Å². The first-order valence-corrected chi connectivity index (χ1v) is 5.41. The molecule has 78 valence electrons. The van der Waals surface area contributed by atoms with Gasteiger partial charge in [-0.2, -0.15) is 0 Å². The molecule has 0 bridgehead atoms. The van der Waals surface area contributed by atoms with Crippen LogP contribution in [0.3, 0.4) is 0 Å². The monoisotopic (exact) mass is 193 g/mol. The van der Waals surface area contributed by atoms with Crippen molar-refractivity contribution in [2.45, 2.75) is 46.0 Å². The summed E-state index contributed by atoms with van der Waals surface area (Å²) < 4.78 is 0. The van der Waals surface area contributed by atoms with Crippen LogP contribution in [0.25, 0.3) is 0 Å². The molecule has 2 nitrogen and oxygen atoms in total. The number of aromatic nitrogens is 1. The maximum atomic E-state index is 11.6. The summed E-state index contributed by atoms with van der Waals surface area (Å²) in [5.41, 5.74) is 2.04. The Morgan fingerprint density at radius 1 is 1.36 bits per heavy atom. The van der Waals surface area contributed by atoms with E-state index in [0.717, 1.165) is 30.5 Å². The fourth-order valence-electron chi connectivity index (χ4n) is 1.49. The molecule has 1 unspecified atom stereocenters. The van der Waals surface area contributed by atoms with Crippen molar-refractivity contribution in [3.8, 4) is 0 Å². The Hall–Kier alpha value is -1.05. The molecule has 0 amide bonds. The fraction of sp³-hybridized carbons (Fsp3) is 0.583. The second-order valence-electron chi connectivity index (χ2n) is 3.83. The molecule has 0 fully saturated rings. The van der Waals surface area contributed by atoms with Gasteiger partial charge in [0.15, 0.2) is 0 Å². The number of nitrogens with one attached hydrogen (secondary N) is 1. The van der Waals surface area contributed by atoms with E-state index in [1.165, 1.54) is 0 Å². The molecule has 2 heteroatoms. The second-order valence-corrected chi connectivity index (χ2v) is 3.83.